The first-order valence-corrected chi connectivity index (χ1v) is 6.83. The molecule has 100 valence electrons. The molecule has 1 amide bonds. The smallest absolute Gasteiger partial charge is 0.327 e. The van der Waals surface area contributed by atoms with Gasteiger partial charge in [-0.15, -0.1) is 11.8 Å². The van der Waals surface area contributed by atoms with Crippen molar-refractivity contribution in [3.05, 3.63) is 23.8 Å². The Hall–Kier alpha value is -1.89. The van der Waals surface area contributed by atoms with E-state index in [9.17, 15) is 9.59 Å². The maximum atomic E-state index is 12.3. The van der Waals surface area contributed by atoms with Gasteiger partial charge in [-0.2, -0.15) is 0 Å². The van der Waals surface area contributed by atoms with Crippen molar-refractivity contribution in [3.8, 4) is 11.5 Å². The molecule has 1 atom stereocenters. The minimum absolute atomic E-state index is 0.143. The first kappa shape index (κ1) is 12.2. The fraction of sp³-hybridized carbons (Fsp3) is 0.333. The quantitative estimate of drug-likeness (QED) is 0.872. The highest BCUT2D eigenvalue weighted by Crippen LogP contribution is 2.33. The molecule has 0 radical (unpaired) electrons. The van der Waals surface area contributed by atoms with Crippen molar-refractivity contribution >= 4 is 23.6 Å². The van der Waals surface area contributed by atoms with Crippen LogP contribution in [0.2, 0.25) is 0 Å². The van der Waals surface area contributed by atoms with Gasteiger partial charge >= 0.3 is 5.97 Å². The van der Waals surface area contributed by atoms with Gasteiger partial charge in [0.2, 0.25) is 6.79 Å². The molecule has 2 aliphatic heterocycles. The monoisotopic (exact) mass is 281 g/mol. The Morgan fingerprint density at radius 3 is 2.89 bits per heavy atom. The van der Waals surface area contributed by atoms with Crippen LogP contribution in [0.3, 0.4) is 0 Å². The van der Waals surface area contributed by atoms with Crippen LogP contribution >= 0.6 is 11.8 Å². The van der Waals surface area contributed by atoms with Crippen molar-refractivity contribution in [1.29, 1.82) is 0 Å². The number of carbonyl (C=O) groups excluding carboxylic acids is 1. The fourth-order valence-electron chi connectivity index (χ4n) is 2.04. The highest BCUT2D eigenvalue weighted by Gasteiger charge is 2.35. The molecule has 7 heteroatoms. The molecule has 1 fully saturated rings. The number of carbonyl (C=O) groups is 2. The molecule has 1 aromatic carbocycles. The van der Waals surface area contributed by atoms with Crippen LogP contribution in [0.25, 0.3) is 0 Å². The Labute approximate surface area is 113 Å². The zero-order valence-corrected chi connectivity index (χ0v) is 10.7. The van der Waals surface area contributed by atoms with E-state index < -0.39 is 12.0 Å². The molecule has 0 spiro atoms. The van der Waals surface area contributed by atoms with Gasteiger partial charge < -0.3 is 19.5 Å². The molecule has 0 aromatic heterocycles. The van der Waals surface area contributed by atoms with E-state index in [1.165, 1.54) is 16.7 Å². The summed E-state index contributed by atoms with van der Waals surface area (Å²) in [6.07, 6.45) is 0. The summed E-state index contributed by atoms with van der Waals surface area (Å²) in [5.41, 5.74) is 0.415. The number of nitrogens with zero attached hydrogens (tertiary/aromatic N) is 1. The summed E-state index contributed by atoms with van der Waals surface area (Å²) >= 11 is 1.44. The summed E-state index contributed by atoms with van der Waals surface area (Å²) in [5.74, 6) is 0.664. The zero-order valence-electron chi connectivity index (χ0n) is 9.87. The molecule has 2 heterocycles. The third-order valence-corrected chi connectivity index (χ3v) is 4.06. The number of thioether (sulfide) groups is 1. The fourth-order valence-corrected chi connectivity index (χ4v) is 3.19. The number of amides is 1. The number of benzene rings is 1. The van der Waals surface area contributed by atoms with E-state index in [-0.39, 0.29) is 12.7 Å². The van der Waals surface area contributed by atoms with E-state index in [0.29, 0.717) is 28.7 Å². The number of aliphatic carboxylic acids is 1. The SMILES string of the molecule is O=C(O)C1CSCN1C(=O)c1ccc2c(c1)OCO2. The topological polar surface area (TPSA) is 76.1 Å². The molecule has 0 saturated carbocycles. The summed E-state index contributed by atoms with van der Waals surface area (Å²) in [7, 11) is 0. The molecule has 1 aromatic rings. The molecule has 2 aliphatic rings. The van der Waals surface area contributed by atoms with Gasteiger partial charge in [-0.1, -0.05) is 0 Å². The molecule has 1 N–H and O–H groups in total. The van der Waals surface area contributed by atoms with Gasteiger partial charge in [0.15, 0.2) is 11.5 Å². The molecule has 0 aliphatic carbocycles. The highest BCUT2D eigenvalue weighted by atomic mass is 32.2. The zero-order chi connectivity index (χ0) is 13.4. The average molecular weight is 281 g/mol. The minimum Gasteiger partial charge on any atom is -0.480 e. The van der Waals surface area contributed by atoms with Crippen LogP contribution in [0.15, 0.2) is 18.2 Å². The first-order valence-electron chi connectivity index (χ1n) is 5.68. The van der Waals surface area contributed by atoms with Crippen molar-refractivity contribution in [2.75, 3.05) is 18.4 Å². The molecule has 3 rings (SSSR count). The van der Waals surface area contributed by atoms with Crippen molar-refractivity contribution in [2.24, 2.45) is 0 Å². The van der Waals surface area contributed by atoms with Gasteiger partial charge in [0.1, 0.15) is 6.04 Å². The van der Waals surface area contributed by atoms with Crippen LogP contribution in [-0.4, -0.2) is 46.3 Å². The number of carboxylic acids is 1. The Morgan fingerprint density at radius 2 is 2.11 bits per heavy atom. The summed E-state index contributed by atoms with van der Waals surface area (Å²) in [5, 5.41) is 9.08. The van der Waals surface area contributed by atoms with Crippen LogP contribution in [0, 0.1) is 0 Å². The largest absolute Gasteiger partial charge is 0.480 e. The van der Waals surface area contributed by atoms with Crippen LogP contribution in [0.4, 0.5) is 0 Å². The summed E-state index contributed by atoms with van der Waals surface area (Å²) in [6, 6.07) is 4.11. The van der Waals surface area contributed by atoms with E-state index in [1.807, 2.05) is 0 Å². The maximum absolute atomic E-state index is 12.3. The average Bonchev–Trinajstić information content (AvgIpc) is 3.05. The molecule has 6 nitrogen and oxygen atoms in total. The Kier molecular flexibility index (Phi) is 2.98. The molecular formula is C12H11NO5S. The maximum Gasteiger partial charge on any atom is 0.327 e. The number of fused-ring (bicyclic) bond motifs is 1. The number of hydrogen-bond acceptors (Lipinski definition) is 5. The minimum atomic E-state index is -0.973. The number of carboxylic acid groups (broad SMARTS) is 1. The third kappa shape index (κ3) is 2.10. The van der Waals surface area contributed by atoms with Crippen molar-refractivity contribution in [3.63, 3.8) is 0 Å². The van der Waals surface area contributed by atoms with Crippen molar-refractivity contribution in [2.45, 2.75) is 6.04 Å². The first-order chi connectivity index (χ1) is 9.16. The molecule has 19 heavy (non-hydrogen) atoms. The number of hydrogen-bond donors (Lipinski definition) is 1. The Balaban J connectivity index is 1.85. The Bertz CT molecular complexity index is 547. The van der Waals surface area contributed by atoms with Gasteiger partial charge in [-0.25, -0.2) is 4.79 Å². The molecule has 0 bridgehead atoms. The van der Waals surface area contributed by atoms with E-state index in [4.69, 9.17) is 14.6 Å². The third-order valence-electron chi connectivity index (χ3n) is 3.05. The van der Waals surface area contributed by atoms with Crippen LogP contribution < -0.4 is 9.47 Å². The van der Waals surface area contributed by atoms with E-state index in [0.717, 1.165) is 0 Å². The summed E-state index contributed by atoms with van der Waals surface area (Å²) < 4.78 is 10.4. The molecule has 1 saturated heterocycles. The molecular weight excluding hydrogens is 270 g/mol. The predicted octanol–water partition coefficient (Wildman–Crippen LogP) is 1.01. The van der Waals surface area contributed by atoms with Gasteiger partial charge in [-0.3, -0.25) is 4.79 Å². The van der Waals surface area contributed by atoms with E-state index in [2.05, 4.69) is 0 Å². The van der Waals surface area contributed by atoms with Gasteiger partial charge in [0.25, 0.3) is 5.91 Å². The van der Waals surface area contributed by atoms with Gasteiger partial charge in [0.05, 0.1) is 5.88 Å². The lowest BCUT2D eigenvalue weighted by Crippen LogP contribution is -2.41. The molecule has 1 unspecified atom stereocenters. The van der Waals surface area contributed by atoms with Gasteiger partial charge in [-0.05, 0) is 18.2 Å². The van der Waals surface area contributed by atoms with Crippen molar-refractivity contribution < 1.29 is 24.2 Å². The van der Waals surface area contributed by atoms with Crippen molar-refractivity contribution in [1.82, 2.24) is 4.90 Å². The second-order valence-electron chi connectivity index (χ2n) is 4.20. The summed E-state index contributed by atoms with van der Waals surface area (Å²) in [4.78, 5) is 24.8. The standard InChI is InChI=1S/C12H11NO5S/c14-11(13-5-19-4-8(13)12(15)16)7-1-2-9-10(3-7)18-6-17-9/h1-3,8H,4-6H2,(H,15,16). The lowest BCUT2D eigenvalue weighted by Gasteiger charge is -2.20. The second kappa shape index (κ2) is 4.65. The van der Waals surface area contributed by atoms with E-state index >= 15 is 0 Å². The number of ether oxygens (including phenoxy) is 2. The summed E-state index contributed by atoms with van der Waals surface area (Å²) in [6.45, 7) is 0.143. The Morgan fingerprint density at radius 1 is 1.32 bits per heavy atom. The lowest BCUT2D eigenvalue weighted by molar-refractivity contribution is -0.140. The highest BCUT2D eigenvalue weighted by molar-refractivity contribution is 7.99. The van der Waals surface area contributed by atoms with Crippen LogP contribution in [0.5, 0.6) is 11.5 Å². The number of rotatable bonds is 2. The normalized spacial score (nSPS) is 20.6. The second-order valence-corrected chi connectivity index (χ2v) is 5.20. The van der Waals surface area contributed by atoms with Gasteiger partial charge in [0, 0.05) is 11.3 Å². The lowest BCUT2D eigenvalue weighted by atomic mass is 10.1. The predicted molar refractivity (Wildman–Crippen MR) is 67.5 cm³/mol. The van der Waals surface area contributed by atoms with Crippen LogP contribution in [0.1, 0.15) is 10.4 Å². The van der Waals surface area contributed by atoms with Crippen LogP contribution in [-0.2, 0) is 4.79 Å². The van der Waals surface area contributed by atoms with E-state index in [1.54, 1.807) is 18.2 Å².